The zero-order valence-corrected chi connectivity index (χ0v) is 23.9. The lowest BCUT2D eigenvalue weighted by molar-refractivity contribution is 0.247. The molecule has 0 bridgehead atoms. The largest absolute Gasteiger partial charge is 0.492 e. The third-order valence-corrected chi connectivity index (χ3v) is 8.22. The fourth-order valence-corrected chi connectivity index (χ4v) is 5.49. The van der Waals surface area contributed by atoms with Crippen LogP contribution in [0.4, 0.5) is 16.0 Å². The van der Waals surface area contributed by atoms with Gasteiger partial charge in [0.15, 0.2) is 26.9 Å². The fraction of sp³-hybridized carbons (Fsp3) is 0.385. The van der Waals surface area contributed by atoms with Crippen LogP contribution in [0.5, 0.6) is 5.75 Å². The Labute approximate surface area is 239 Å². The molecule has 6 rings (SSSR count). The van der Waals surface area contributed by atoms with Gasteiger partial charge in [0.05, 0.1) is 17.7 Å². The lowest BCUT2D eigenvalue weighted by Gasteiger charge is -2.36. The molecule has 0 radical (unpaired) electrons. The second-order valence-electron chi connectivity index (χ2n) is 10.2. The Hall–Kier alpha value is -4.44. The van der Waals surface area contributed by atoms with Crippen LogP contribution in [0.2, 0.25) is 0 Å². The number of hydrogen-bond donors (Lipinski definition) is 1. The molecule has 14 nitrogen and oxygen atoms in total. The first-order valence-electron chi connectivity index (χ1n) is 13.3. The van der Waals surface area contributed by atoms with Crippen LogP contribution < -0.4 is 21.1 Å². The lowest BCUT2D eigenvalue weighted by Crippen LogP contribution is -2.47. The van der Waals surface area contributed by atoms with E-state index < -0.39 is 15.7 Å². The Bertz CT molecular complexity index is 1920. The maximum Gasteiger partial charge on any atom is 0.330 e. The number of anilines is 2. The van der Waals surface area contributed by atoms with Gasteiger partial charge in [-0.15, -0.1) is 5.10 Å². The first-order chi connectivity index (χ1) is 20.1. The number of furan rings is 1. The molecule has 1 aromatic carbocycles. The zero-order chi connectivity index (χ0) is 29.6. The second kappa shape index (κ2) is 10.8. The van der Waals surface area contributed by atoms with Gasteiger partial charge in [-0.25, -0.2) is 22.6 Å². The minimum absolute atomic E-state index is 0.0337. The van der Waals surface area contributed by atoms with Gasteiger partial charge in [0, 0.05) is 58.6 Å². The van der Waals surface area contributed by atoms with Gasteiger partial charge in [-0.2, -0.15) is 9.50 Å². The van der Waals surface area contributed by atoms with Crippen LogP contribution in [-0.2, 0) is 23.4 Å². The summed E-state index contributed by atoms with van der Waals surface area (Å²) in [5.41, 5.74) is 7.77. The number of piperazine rings is 1. The predicted molar refractivity (Wildman–Crippen MR) is 154 cm³/mol. The Kier molecular flexibility index (Phi) is 7.10. The molecule has 1 fully saturated rings. The molecule has 0 unspecified atom stereocenters. The van der Waals surface area contributed by atoms with Crippen molar-refractivity contribution in [2.24, 2.45) is 7.05 Å². The second-order valence-corrected chi connectivity index (χ2v) is 12.5. The highest BCUT2D eigenvalue weighted by Crippen LogP contribution is 2.26. The van der Waals surface area contributed by atoms with Crippen LogP contribution in [0.15, 0.2) is 45.8 Å². The molecule has 0 atom stereocenters. The highest BCUT2D eigenvalue weighted by atomic mass is 32.2. The standard InChI is InChI=1S/C26H30FN9O5S/c1-32-21-23(30-25(28)36-24(21)29-22(31-36)20-4-3-13-41-20)35(26(32)37)12-9-33-7-10-34(11-8-33)19-6-5-17(16-18(19)27)40-14-15-42(2,38)39/h3-6,13,16H,7-12,14-15H2,1-2H3,(H2,28,30). The summed E-state index contributed by atoms with van der Waals surface area (Å²) in [4.78, 5) is 26.4. The molecule has 0 saturated carbocycles. The van der Waals surface area contributed by atoms with Crippen molar-refractivity contribution in [2.45, 2.75) is 6.54 Å². The van der Waals surface area contributed by atoms with Crippen molar-refractivity contribution >= 4 is 38.3 Å². The summed E-state index contributed by atoms with van der Waals surface area (Å²) in [5, 5.41) is 4.40. The van der Waals surface area contributed by atoms with Gasteiger partial charge in [-0.05, 0) is 24.3 Å². The van der Waals surface area contributed by atoms with E-state index in [1.165, 1.54) is 21.4 Å². The lowest BCUT2D eigenvalue weighted by atomic mass is 10.2. The average molecular weight is 600 g/mol. The molecule has 1 aliphatic heterocycles. The monoisotopic (exact) mass is 599 g/mol. The number of aromatic nitrogens is 6. The highest BCUT2D eigenvalue weighted by Gasteiger charge is 2.24. The van der Waals surface area contributed by atoms with Crippen molar-refractivity contribution in [3.05, 3.63) is 52.9 Å². The summed E-state index contributed by atoms with van der Waals surface area (Å²) in [6.45, 7) is 3.46. The van der Waals surface area contributed by atoms with E-state index in [-0.39, 0.29) is 29.7 Å². The van der Waals surface area contributed by atoms with Crippen molar-refractivity contribution < 1.29 is 22.0 Å². The first-order valence-corrected chi connectivity index (χ1v) is 15.4. The van der Waals surface area contributed by atoms with Gasteiger partial charge in [0.25, 0.3) is 0 Å². The molecule has 5 aromatic rings. The quantitative estimate of drug-likeness (QED) is 0.258. The SMILES string of the molecule is Cn1c(=O)n(CCN2CCN(c3ccc(OCCS(C)(=O)=O)cc3F)CC2)c2nc(N)n3nc(-c4ccco4)nc3c21. The molecular formula is C26H30FN9O5S. The number of sulfone groups is 1. The van der Waals surface area contributed by atoms with Gasteiger partial charge in [0.2, 0.25) is 11.8 Å². The van der Waals surface area contributed by atoms with E-state index in [0.29, 0.717) is 73.4 Å². The first kappa shape index (κ1) is 27.7. The molecular weight excluding hydrogens is 569 g/mol. The Balaban J connectivity index is 1.13. The molecule has 0 aliphatic carbocycles. The van der Waals surface area contributed by atoms with Crippen LogP contribution in [-0.4, -0.2) is 93.4 Å². The van der Waals surface area contributed by atoms with E-state index in [1.807, 2.05) is 4.90 Å². The third kappa shape index (κ3) is 5.30. The Morgan fingerprint density at radius 2 is 1.88 bits per heavy atom. The van der Waals surface area contributed by atoms with Crippen molar-refractivity contribution in [3.63, 3.8) is 0 Å². The molecule has 4 aromatic heterocycles. The van der Waals surface area contributed by atoms with Crippen molar-refractivity contribution in [2.75, 3.05) is 62.0 Å². The summed E-state index contributed by atoms with van der Waals surface area (Å²) in [7, 11) is -1.50. The number of nitrogens with zero attached hydrogens (tertiary/aromatic N) is 8. The molecule has 5 heterocycles. The Morgan fingerprint density at radius 3 is 2.57 bits per heavy atom. The number of fused-ring (bicyclic) bond motifs is 3. The molecule has 1 aliphatic rings. The maximum atomic E-state index is 14.9. The van der Waals surface area contributed by atoms with Crippen LogP contribution in [0.3, 0.4) is 0 Å². The molecule has 2 N–H and O–H groups in total. The summed E-state index contributed by atoms with van der Waals surface area (Å²) >= 11 is 0. The van der Waals surface area contributed by atoms with E-state index in [9.17, 15) is 17.6 Å². The third-order valence-electron chi connectivity index (χ3n) is 7.31. The number of hydrogen-bond acceptors (Lipinski definition) is 11. The number of benzene rings is 1. The number of rotatable bonds is 9. The minimum atomic E-state index is -3.16. The van der Waals surface area contributed by atoms with E-state index in [0.717, 1.165) is 6.26 Å². The van der Waals surface area contributed by atoms with E-state index in [1.54, 1.807) is 35.9 Å². The molecule has 0 spiro atoms. The molecule has 222 valence electrons. The summed E-state index contributed by atoms with van der Waals surface area (Å²) in [6, 6.07) is 8.04. The minimum Gasteiger partial charge on any atom is -0.492 e. The number of nitrogen functional groups attached to an aromatic ring is 1. The number of imidazole rings is 1. The average Bonchev–Trinajstić information content (AvgIpc) is 3.68. The van der Waals surface area contributed by atoms with E-state index in [4.69, 9.17) is 14.9 Å². The van der Waals surface area contributed by atoms with Crippen LogP contribution in [0.25, 0.3) is 28.4 Å². The highest BCUT2D eigenvalue weighted by molar-refractivity contribution is 7.90. The van der Waals surface area contributed by atoms with Crippen molar-refractivity contribution in [3.8, 4) is 17.3 Å². The molecule has 16 heteroatoms. The van der Waals surface area contributed by atoms with Crippen molar-refractivity contribution in [1.82, 2.24) is 33.6 Å². The predicted octanol–water partition coefficient (Wildman–Crippen LogP) is 1.00. The van der Waals surface area contributed by atoms with Gasteiger partial charge < -0.3 is 19.8 Å². The molecule has 0 amide bonds. The smallest absolute Gasteiger partial charge is 0.330 e. The number of halogens is 1. The van der Waals surface area contributed by atoms with Gasteiger partial charge >= 0.3 is 5.69 Å². The summed E-state index contributed by atoms with van der Waals surface area (Å²) in [6.07, 6.45) is 2.65. The normalized spacial score (nSPS) is 14.8. The Morgan fingerprint density at radius 1 is 1.10 bits per heavy atom. The summed E-state index contributed by atoms with van der Waals surface area (Å²) in [5.74, 6) is 0.637. The van der Waals surface area contributed by atoms with E-state index in [2.05, 4.69) is 20.0 Å². The fourth-order valence-electron chi connectivity index (χ4n) is 5.10. The number of ether oxygens (including phenoxy) is 1. The maximum absolute atomic E-state index is 14.9. The van der Waals surface area contributed by atoms with Crippen molar-refractivity contribution in [1.29, 1.82) is 0 Å². The molecule has 42 heavy (non-hydrogen) atoms. The van der Waals surface area contributed by atoms with Crippen LogP contribution in [0, 0.1) is 5.82 Å². The van der Waals surface area contributed by atoms with Gasteiger partial charge in [-0.3, -0.25) is 14.0 Å². The van der Waals surface area contributed by atoms with Crippen LogP contribution >= 0.6 is 0 Å². The number of nitrogens with two attached hydrogens (primary N) is 1. The zero-order valence-electron chi connectivity index (χ0n) is 23.1. The number of aryl methyl sites for hydroxylation is 1. The van der Waals surface area contributed by atoms with Gasteiger partial charge in [0.1, 0.15) is 23.7 Å². The van der Waals surface area contributed by atoms with Gasteiger partial charge in [-0.1, -0.05) is 0 Å². The van der Waals surface area contributed by atoms with Crippen LogP contribution in [0.1, 0.15) is 0 Å². The van der Waals surface area contributed by atoms with E-state index >= 15 is 0 Å². The topological polar surface area (TPSA) is 159 Å². The molecule has 1 saturated heterocycles. The summed E-state index contributed by atoms with van der Waals surface area (Å²) < 4.78 is 52.7.